The smallest absolute Gasteiger partial charge is 0.266 e. The van der Waals surface area contributed by atoms with Crippen molar-refractivity contribution in [3.63, 3.8) is 0 Å². The van der Waals surface area contributed by atoms with Crippen LogP contribution in [0.5, 0.6) is 0 Å². The van der Waals surface area contributed by atoms with Crippen LogP contribution >= 0.6 is 22.9 Å². The van der Waals surface area contributed by atoms with E-state index in [1.54, 1.807) is 18.4 Å². The zero-order valence-electron chi connectivity index (χ0n) is 10.7. The first-order valence-electron chi connectivity index (χ1n) is 5.90. The summed E-state index contributed by atoms with van der Waals surface area (Å²) in [6.45, 7) is 2.00. The molecule has 0 aliphatic heterocycles. The highest BCUT2D eigenvalue weighted by molar-refractivity contribution is 7.94. The van der Waals surface area contributed by atoms with Crippen LogP contribution in [0, 0.1) is 5.82 Å². The molecule has 1 aromatic heterocycles. The summed E-state index contributed by atoms with van der Waals surface area (Å²) in [6.07, 6.45) is 0. The Kier molecular flexibility index (Phi) is 4.67. The van der Waals surface area contributed by atoms with Crippen LogP contribution in [-0.2, 0) is 15.9 Å². The van der Waals surface area contributed by atoms with Crippen molar-refractivity contribution in [2.45, 2.75) is 17.0 Å². The Hall–Kier alpha value is -1.11. The summed E-state index contributed by atoms with van der Waals surface area (Å²) >= 11 is 6.83. The molecule has 1 aromatic carbocycles. The minimum atomic E-state index is -3.64. The Labute approximate surface area is 126 Å². The van der Waals surface area contributed by atoms with E-state index in [1.807, 2.05) is 0 Å². The van der Waals surface area contributed by atoms with Gasteiger partial charge in [0.1, 0.15) is 10.0 Å². The summed E-state index contributed by atoms with van der Waals surface area (Å²) in [5.41, 5.74) is 1.21. The molecule has 0 amide bonds. The molecule has 0 saturated carbocycles. The van der Waals surface area contributed by atoms with E-state index in [9.17, 15) is 12.8 Å². The van der Waals surface area contributed by atoms with Gasteiger partial charge in [-0.25, -0.2) is 12.8 Å². The van der Waals surface area contributed by atoms with Gasteiger partial charge in [0, 0.05) is 12.4 Å². The SMILES string of the molecule is CCN(c1ccc(F)cc1)S(=O)(=O)c1cc(CCl)cs1. The molecule has 0 saturated heterocycles. The van der Waals surface area contributed by atoms with Crippen LogP contribution in [0.4, 0.5) is 10.1 Å². The lowest BCUT2D eigenvalue weighted by molar-refractivity contribution is 0.593. The average Bonchev–Trinajstić information content (AvgIpc) is 2.91. The third kappa shape index (κ3) is 2.97. The molecule has 0 atom stereocenters. The van der Waals surface area contributed by atoms with Crippen LogP contribution in [0.2, 0.25) is 0 Å². The summed E-state index contributed by atoms with van der Waals surface area (Å²) in [5.74, 6) is -0.128. The highest BCUT2D eigenvalue weighted by atomic mass is 35.5. The Morgan fingerprint density at radius 2 is 1.95 bits per heavy atom. The molecule has 0 aliphatic rings. The van der Waals surface area contributed by atoms with Gasteiger partial charge in [0.2, 0.25) is 0 Å². The standard InChI is InChI=1S/C13H13ClFNO2S2/c1-2-16(12-5-3-11(15)4-6-12)20(17,18)13-7-10(8-14)9-19-13/h3-7,9H,2,8H2,1H3. The van der Waals surface area contributed by atoms with Gasteiger partial charge < -0.3 is 0 Å². The van der Waals surface area contributed by atoms with Gasteiger partial charge in [-0.1, -0.05) is 0 Å². The van der Waals surface area contributed by atoms with Crippen molar-refractivity contribution in [2.24, 2.45) is 0 Å². The molecular formula is C13H13ClFNO2S2. The van der Waals surface area contributed by atoms with Gasteiger partial charge >= 0.3 is 0 Å². The highest BCUT2D eigenvalue weighted by Gasteiger charge is 2.25. The first-order valence-corrected chi connectivity index (χ1v) is 8.76. The Morgan fingerprint density at radius 1 is 1.30 bits per heavy atom. The third-order valence-electron chi connectivity index (χ3n) is 2.73. The fraction of sp³-hybridized carbons (Fsp3) is 0.231. The Morgan fingerprint density at radius 3 is 2.45 bits per heavy atom. The summed E-state index contributed by atoms with van der Waals surface area (Å²) in [4.78, 5) is 0. The van der Waals surface area contributed by atoms with E-state index in [0.717, 1.165) is 16.9 Å². The van der Waals surface area contributed by atoms with E-state index in [2.05, 4.69) is 0 Å². The molecule has 2 aromatic rings. The summed E-state index contributed by atoms with van der Waals surface area (Å²) in [5, 5.41) is 1.72. The van der Waals surface area contributed by atoms with Gasteiger partial charge in [-0.15, -0.1) is 22.9 Å². The Bertz CT molecular complexity index is 683. The van der Waals surface area contributed by atoms with Crippen LogP contribution in [0.15, 0.2) is 39.9 Å². The molecule has 0 bridgehead atoms. The molecule has 0 radical (unpaired) electrons. The van der Waals surface area contributed by atoms with Crippen molar-refractivity contribution in [1.29, 1.82) is 0 Å². The lowest BCUT2D eigenvalue weighted by atomic mass is 10.3. The molecule has 0 fully saturated rings. The first kappa shape index (κ1) is 15.3. The van der Waals surface area contributed by atoms with Gasteiger partial charge in [0.15, 0.2) is 0 Å². The minimum Gasteiger partial charge on any atom is -0.266 e. The second-order valence-corrected chi connectivity index (χ2v) is 7.32. The van der Waals surface area contributed by atoms with E-state index >= 15 is 0 Å². The molecular weight excluding hydrogens is 321 g/mol. The average molecular weight is 334 g/mol. The minimum absolute atomic E-state index is 0.235. The molecule has 108 valence electrons. The molecule has 7 heteroatoms. The normalized spacial score (nSPS) is 11.6. The molecule has 1 heterocycles. The van der Waals surface area contributed by atoms with Gasteiger partial charge in [-0.2, -0.15) is 0 Å². The van der Waals surface area contributed by atoms with Gasteiger partial charge in [0.25, 0.3) is 10.0 Å². The lowest BCUT2D eigenvalue weighted by Gasteiger charge is -2.21. The van der Waals surface area contributed by atoms with Crippen LogP contribution in [-0.4, -0.2) is 15.0 Å². The number of benzene rings is 1. The van der Waals surface area contributed by atoms with Gasteiger partial charge in [-0.3, -0.25) is 4.31 Å². The molecule has 0 N–H and O–H groups in total. The van der Waals surface area contributed by atoms with Crippen molar-refractivity contribution in [1.82, 2.24) is 0 Å². The second-order valence-electron chi connectivity index (χ2n) is 4.05. The number of alkyl halides is 1. The van der Waals surface area contributed by atoms with E-state index in [1.165, 1.54) is 28.6 Å². The fourth-order valence-corrected chi connectivity index (χ4v) is 4.81. The van der Waals surface area contributed by atoms with E-state index in [0.29, 0.717) is 5.69 Å². The zero-order valence-corrected chi connectivity index (χ0v) is 13.1. The monoisotopic (exact) mass is 333 g/mol. The number of sulfonamides is 1. The van der Waals surface area contributed by atoms with Crippen molar-refractivity contribution in [3.8, 4) is 0 Å². The maximum Gasteiger partial charge on any atom is 0.273 e. The van der Waals surface area contributed by atoms with E-state index in [4.69, 9.17) is 11.6 Å². The van der Waals surface area contributed by atoms with E-state index < -0.39 is 15.8 Å². The second kappa shape index (κ2) is 6.11. The van der Waals surface area contributed by atoms with Crippen LogP contribution in [0.25, 0.3) is 0 Å². The molecule has 3 nitrogen and oxygen atoms in total. The number of nitrogens with zero attached hydrogens (tertiary/aromatic N) is 1. The Balaban J connectivity index is 2.41. The third-order valence-corrected chi connectivity index (χ3v) is 6.41. The van der Waals surface area contributed by atoms with Crippen molar-refractivity contribution in [3.05, 3.63) is 47.1 Å². The quantitative estimate of drug-likeness (QED) is 0.780. The van der Waals surface area contributed by atoms with Crippen LogP contribution in [0.3, 0.4) is 0 Å². The number of hydrogen-bond acceptors (Lipinski definition) is 3. The van der Waals surface area contributed by atoms with Crippen molar-refractivity contribution < 1.29 is 12.8 Å². The zero-order chi connectivity index (χ0) is 14.8. The molecule has 2 rings (SSSR count). The summed E-state index contributed by atoms with van der Waals surface area (Å²) in [7, 11) is -3.64. The van der Waals surface area contributed by atoms with Crippen molar-refractivity contribution in [2.75, 3.05) is 10.8 Å². The molecule has 20 heavy (non-hydrogen) atoms. The largest absolute Gasteiger partial charge is 0.273 e. The maximum absolute atomic E-state index is 12.9. The molecule has 0 spiro atoms. The molecule has 0 aliphatic carbocycles. The van der Waals surface area contributed by atoms with Crippen LogP contribution in [0.1, 0.15) is 12.5 Å². The van der Waals surface area contributed by atoms with E-state index in [-0.39, 0.29) is 16.6 Å². The van der Waals surface area contributed by atoms with Gasteiger partial charge in [0.05, 0.1) is 5.69 Å². The fourth-order valence-electron chi connectivity index (χ4n) is 1.77. The number of rotatable bonds is 5. The number of anilines is 1. The number of hydrogen-bond donors (Lipinski definition) is 0. The number of thiophene rings is 1. The van der Waals surface area contributed by atoms with Gasteiger partial charge in [-0.05, 0) is 48.2 Å². The van der Waals surface area contributed by atoms with Crippen LogP contribution < -0.4 is 4.31 Å². The first-order chi connectivity index (χ1) is 9.48. The predicted octanol–water partition coefficient (Wildman–Crippen LogP) is 3.84. The lowest BCUT2D eigenvalue weighted by Crippen LogP contribution is -2.30. The summed E-state index contributed by atoms with van der Waals surface area (Å²) < 4.78 is 39.6. The predicted molar refractivity (Wildman–Crippen MR) is 80.5 cm³/mol. The van der Waals surface area contributed by atoms with Crippen molar-refractivity contribution >= 4 is 38.6 Å². The maximum atomic E-state index is 12.9. The highest BCUT2D eigenvalue weighted by Crippen LogP contribution is 2.28. The molecule has 0 unspecified atom stereocenters. The number of halogens is 2. The topological polar surface area (TPSA) is 37.4 Å². The summed E-state index contributed by atoms with van der Waals surface area (Å²) in [6, 6.07) is 6.95.